The third-order valence-electron chi connectivity index (χ3n) is 6.03. The molecule has 1 aromatic heterocycles. The molecule has 5 rings (SSSR count). The summed E-state index contributed by atoms with van der Waals surface area (Å²) in [4.78, 5) is 14.0. The number of aromatic nitrogens is 1. The number of aromatic carboxylic acids is 1. The van der Waals surface area contributed by atoms with Crippen molar-refractivity contribution in [2.45, 2.75) is 38.3 Å². The van der Waals surface area contributed by atoms with Crippen molar-refractivity contribution in [3.05, 3.63) is 65.1 Å². The molecule has 0 bridgehead atoms. The molecule has 2 aliphatic rings. The predicted molar refractivity (Wildman–Crippen MR) is 103 cm³/mol. The SMILES string of the molecule is O=C(O)c1cc2ccc(N3CCc4cc(F)ccc4C3)cc2n1C1CCC1. The molecule has 2 aromatic carbocycles. The first-order chi connectivity index (χ1) is 13.1. The minimum atomic E-state index is -0.867. The molecule has 0 spiro atoms. The smallest absolute Gasteiger partial charge is 0.352 e. The number of nitrogens with zero attached hydrogens (tertiary/aromatic N) is 2. The fourth-order valence-corrected chi connectivity index (χ4v) is 4.35. The number of hydrogen-bond acceptors (Lipinski definition) is 2. The number of anilines is 1. The highest BCUT2D eigenvalue weighted by molar-refractivity contribution is 5.96. The second-order valence-corrected chi connectivity index (χ2v) is 7.62. The molecular formula is C22H21FN2O2. The average molecular weight is 364 g/mol. The monoisotopic (exact) mass is 364 g/mol. The molecule has 2 heterocycles. The summed E-state index contributed by atoms with van der Waals surface area (Å²) in [6.07, 6.45) is 4.05. The zero-order valence-corrected chi connectivity index (χ0v) is 15.0. The fraction of sp³-hybridized carbons (Fsp3) is 0.318. The molecule has 138 valence electrons. The molecular weight excluding hydrogens is 343 g/mol. The fourth-order valence-electron chi connectivity index (χ4n) is 4.35. The van der Waals surface area contributed by atoms with Gasteiger partial charge in [0, 0.05) is 30.2 Å². The molecule has 0 saturated heterocycles. The molecule has 1 aliphatic heterocycles. The Morgan fingerprint density at radius 2 is 1.93 bits per heavy atom. The van der Waals surface area contributed by atoms with E-state index in [-0.39, 0.29) is 11.9 Å². The first-order valence-corrected chi connectivity index (χ1v) is 9.51. The van der Waals surface area contributed by atoms with Gasteiger partial charge in [-0.3, -0.25) is 0 Å². The molecule has 0 unspecified atom stereocenters. The molecule has 1 aliphatic carbocycles. The van der Waals surface area contributed by atoms with Crippen molar-refractivity contribution in [1.82, 2.24) is 4.57 Å². The summed E-state index contributed by atoms with van der Waals surface area (Å²) < 4.78 is 15.5. The van der Waals surface area contributed by atoms with E-state index in [1.54, 1.807) is 12.1 Å². The normalized spacial score (nSPS) is 17.0. The number of rotatable bonds is 3. The van der Waals surface area contributed by atoms with Crippen molar-refractivity contribution >= 4 is 22.6 Å². The molecule has 5 heteroatoms. The van der Waals surface area contributed by atoms with Gasteiger partial charge in [-0.2, -0.15) is 0 Å². The van der Waals surface area contributed by atoms with Gasteiger partial charge in [0.15, 0.2) is 0 Å². The van der Waals surface area contributed by atoms with E-state index in [2.05, 4.69) is 17.0 Å². The highest BCUT2D eigenvalue weighted by atomic mass is 19.1. The molecule has 4 nitrogen and oxygen atoms in total. The summed E-state index contributed by atoms with van der Waals surface area (Å²) in [5.41, 5.74) is 4.71. The topological polar surface area (TPSA) is 45.5 Å². The Morgan fingerprint density at radius 3 is 2.67 bits per heavy atom. The summed E-state index contributed by atoms with van der Waals surface area (Å²) in [5, 5.41) is 10.6. The van der Waals surface area contributed by atoms with Gasteiger partial charge in [0.1, 0.15) is 11.5 Å². The van der Waals surface area contributed by atoms with Crippen LogP contribution in [0.2, 0.25) is 0 Å². The van der Waals surface area contributed by atoms with Crippen molar-refractivity contribution in [2.24, 2.45) is 0 Å². The first-order valence-electron chi connectivity index (χ1n) is 9.51. The van der Waals surface area contributed by atoms with E-state index < -0.39 is 5.97 Å². The van der Waals surface area contributed by atoms with Crippen LogP contribution in [-0.4, -0.2) is 22.2 Å². The quantitative estimate of drug-likeness (QED) is 0.728. The first kappa shape index (κ1) is 16.4. The van der Waals surface area contributed by atoms with Crippen LogP contribution in [-0.2, 0) is 13.0 Å². The lowest BCUT2D eigenvalue weighted by molar-refractivity contribution is 0.0679. The molecule has 0 amide bonds. The third-order valence-corrected chi connectivity index (χ3v) is 6.03. The number of carboxylic acids is 1. The maximum Gasteiger partial charge on any atom is 0.352 e. The van der Waals surface area contributed by atoms with Crippen LogP contribution in [0.3, 0.4) is 0 Å². The van der Waals surface area contributed by atoms with Crippen LogP contribution in [0.25, 0.3) is 10.9 Å². The second-order valence-electron chi connectivity index (χ2n) is 7.62. The largest absolute Gasteiger partial charge is 0.477 e. The predicted octanol–water partition coefficient (Wildman–Crippen LogP) is 4.77. The number of hydrogen-bond donors (Lipinski definition) is 1. The third kappa shape index (κ3) is 2.69. The lowest BCUT2D eigenvalue weighted by Gasteiger charge is -2.32. The Hall–Kier alpha value is -2.82. The number of benzene rings is 2. The maximum atomic E-state index is 13.5. The zero-order chi connectivity index (χ0) is 18.5. The van der Waals surface area contributed by atoms with Crippen molar-refractivity contribution in [2.75, 3.05) is 11.4 Å². The van der Waals surface area contributed by atoms with E-state index in [0.717, 1.165) is 66.5 Å². The summed E-state index contributed by atoms with van der Waals surface area (Å²) in [6.45, 7) is 1.58. The van der Waals surface area contributed by atoms with Crippen molar-refractivity contribution in [1.29, 1.82) is 0 Å². The average Bonchev–Trinajstić information content (AvgIpc) is 2.99. The lowest BCUT2D eigenvalue weighted by atomic mass is 9.92. The van der Waals surface area contributed by atoms with Gasteiger partial charge in [0.25, 0.3) is 0 Å². The van der Waals surface area contributed by atoms with Crippen molar-refractivity contribution in [3.8, 4) is 0 Å². The van der Waals surface area contributed by atoms with Gasteiger partial charge in [-0.15, -0.1) is 0 Å². The van der Waals surface area contributed by atoms with E-state index in [1.165, 1.54) is 6.07 Å². The van der Waals surface area contributed by atoms with Gasteiger partial charge in [0.2, 0.25) is 0 Å². The summed E-state index contributed by atoms with van der Waals surface area (Å²) in [6, 6.07) is 13.3. The zero-order valence-electron chi connectivity index (χ0n) is 15.0. The Bertz CT molecular complexity index is 1050. The number of carboxylic acid groups (broad SMARTS) is 1. The molecule has 0 radical (unpaired) electrons. The van der Waals surface area contributed by atoms with Crippen LogP contribution in [0, 0.1) is 5.82 Å². The second kappa shape index (κ2) is 6.12. The van der Waals surface area contributed by atoms with Gasteiger partial charge >= 0.3 is 5.97 Å². The van der Waals surface area contributed by atoms with Crippen LogP contribution in [0.1, 0.15) is 46.9 Å². The van der Waals surface area contributed by atoms with Gasteiger partial charge in [-0.25, -0.2) is 9.18 Å². The minimum Gasteiger partial charge on any atom is -0.477 e. The number of carbonyl (C=O) groups is 1. The number of fused-ring (bicyclic) bond motifs is 2. The molecule has 0 atom stereocenters. The Labute approximate surface area is 156 Å². The molecule has 1 N–H and O–H groups in total. The highest BCUT2D eigenvalue weighted by Gasteiger charge is 2.27. The summed E-state index contributed by atoms with van der Waals surface area (Å²) >= 11 is 0. The van der Waals surface area contributed by atoms with Crippen LogP contribution in [0.5, 0.6) is 0 Å². The summed E-state index contributed by atoms with van der Waals surface area (Å²) in [7, 11) is 0. The number of halogens is 1. The van der Waals surface area contributed by atoms with Crippen LogP contribution >= 0.6 is 0 Å². The van der Waals surface area contributed by atoms with E-state index in [0.29, 0.717) is 5.69 Å². The standard InChI is InChI=1S/C22H21FN2O2/c23-17-6-4-16-13-24(9-8-14(16)10-17)19-7-5-15-11-21(22(26)27)25(20(15)12-19)18-2-1-3-18/h4-7,10-12,18H,1-3,8-9,13H2,(H,26,27). The van der Waals surface area contributed by atoms with Gasteiger partial charge in [0.05, 0.1) is 5.52 Å². The van der Waals surface area contributed by atoms with Crippen molar-refractivity contribution < 1.29 is 14.3 Å². The Morgan fingerprint density at radius 1 is 1.07 bits per heavy atom. The maximum absolute atomic E-state index is 13.5. The molecule has 3 aromatic rings. The van der Waals surface area contributed by atoms with Gasteiger partial charge in [-0.05, 0) is 67.1 Å². The molecule has 1 saturated carbocycles. The van der Waals surface area contributed by atoms with E-state index >= 15 is 0 Å². The summed E-state index contributed by atoms with van der Waals surface area (Å²) in [5.74, 6) is -1.04. The van der Waals surface area contributed by atoms with Crippen LogP contribution in [0.4, 0.5) is 10.1 Å². The minimum absolute atomic E-state index is 0.178. The van der Waals surface area contributed by atoms with Crippen LogP contribution < -0.4 is 4.90 Å². The lowest BCUT2D eigenvalue weighted by Crippen LogP contribution is -2.30. The molecule has 27 heavy (non-hydrogen) atoms. The Kier molecular flexibility index (Phi) is 3.71. The van der Waals surface area contributed by atoms with E-state index in [9.17, 15) is 14.3 Å². The highest BCUT2D eigenvalue weighted by Crippen LogP contribution is 2.38. The molecule has 1 fully saturated rings. The van der Waals surface area contributed by atoms with Gasteiger partial charge in [-0.1, -0.05) is 12.1 Å². The van der Waals surface area contributed by atoms with Crippen LogP contribution in [0.15, 0.2) is 42.5 Å². The van der Waals surface area contributed by atoms with Crippen molar-refractivity contribution in [3.63, 3.8) is 0 Å². The Balaban J connectivity index is 1.55. The van der Waals surface area contributed by atoms with E-state index in [1.807, 2.05) is 16.7 Å². The van der Waals surface area contributed by atoms with Gasteiger partial charge < -0.3 is 14.6 Å². The van der Waals surface area contributed by atoms with E-state index in [4.69, 9.17) is 0 Å².